The topological polar surface area (TPSA) is 72.5 Å². The molecule has 128 valence electrons. The summed E-state index contributed by atoms with van der Waals surface area (Å²) in [5, 5.41) is 2.56. The number of carbonyl (C=O) groups excluding carboxylic acids is 1. The van der Waals surface area contributed by atoms with Gasteiger partial charge in [0.05, 0.1) is 12.4 Å². The predicted octanol–water partition coefficient (Wildman–Crippen LogP) is 3.19. The van der Waals surface area contributed by atoms with E-state index in [0.29, 0.717) is 12.3 Å². The highest BCUT2D eigenvalue weighted by molar-refractivity contribution is 7.92. The lowest BCUT2D eigenvalue weighted by molar-refractivity contribution is -0.113. The lowest BCUT2D eigenvalue weighted by Gasteiger charge is -2.08. The monoisotopic (exact) mass is 339 g/mol. The van der Waals surface area contributed by atoms with Gasteiger partial charge in [-0.25, -0.2) is 8.42 Å². The Morgan fingerprint density at radius 3 is 2.52 bits per heavy atom. The first-order chi connectivity index (χ1) is 11.0. The minimum atomic E-state index is -3.43. The number of nitrogens with one attached hydrogen (secondary N) is 1. The fourth-order valence-corrected chi connectivity index (χ4v) is 2.94. The van der Waals surface area contributed by atoms with E-state index in [4.69, 9.17) is 4.74 Å². The third kappa shape index (κ3) is 8.40. The SMILES string of the molecule is C=CCS(=O)(=O)CC(=O)Nc1ccc(OCCCCCC)cc1. The summed E-state index contributed by atoms with van der Waals surface area (Å²) < 4.78 is 28.7. The van der Waals surface area contributed by atoms with Gasteiger partial charge in [-0.2, -0.15) is 0 Å². The van der Waals surface area contributed by atoms with E-state index in [1.54, 1.807) is 24.3 Å². The van der Waals surface area contributed by atoms with Crippen molar-refractivity contribution in [2.24, 2.45) is 0 Å². The van der Waals surface area contributed by atoms with Gasteiger partial charge in [-0.05, 0) is 30.7 Å². The lowest BCUT2D eigenvalue weighted by Crippen LogP contribution is -2.24. The molecule has 23 heavy (non-hydrogen) atoms. The summed E-state index contributed by atoms with van der Waals surface area (Å²) in [6.07, 6.45) is 5.85. The normalized spacial score (nSPS) is 11.0. The van der Waals surface area contributed by atoms with Gasteiger partial charge in [0.2, 0.25) is 5.91 Å². The predicted molar refractivity (Wildman–Crippen MR) is 93.6 cm³/mol. The molecule has 1 aromatic carbocycles. The molecule has 0 aliphatic heterocycles. The van der Waals surface area contributed by atoms with Crippen molar-refractivity contribution in [3.05, 3.63) is 36.9 Å². The van der Waals surface area contributed by atoms with Crippen molar-refractivity contribution >= 4 is 21.4 Å². The third-order valence-corrected chi connectivity index (χ3v) is 4.57. The van der Waals surface area contributed by atoms with Crippen molar-refractivity contribution in [3.63, 3.8) is 0 Å². The molecule has 5 nitrogen and oxygen atoms in total. The van der Waals surface area contributed by atoms with E-state index >= 15 is 0 Å². The second-order valence-corrected chi connectivity index (χ2v) is 7.43. The summed E-state index contributed by atoms with van der Waals surface area (Å²) in [7, 11) is -3.43. The Balaban J connectivity index is 2.41. The number of anilines is 1. The van der Waals surface area contributed by atoms with Gasteiger partial charge >= 0.3 is 0 Å². The Morgan fingerprint density at radius 2 is 1.91 bits per heavy atom. The molecule has 0 saturated carbocycles. The molecule has 0 spiro atoms. The Bertz CT molecular complexity index is 594. The minimum Gasteiger partial charge on any atom is -0.494 e. The van der Waals surface area contributed by atoms with Crippen molar-refractivity contribution in [2.45, 2.75) is 32.6 Å². The maximum atomic E-state index is 11.7. The van der Waals surface area contributed by atoms with Gasteiger partial charge < -0.3 is 10.1 Å². The summed E-state index contributed by atoms with van der Waals surface area (Å²) in [6, 6.07) is 6.90. The largest absolute Gasteiger partial charge is 0.494 e. The smallest absolute Gasteiger partial charge is 0.239 e. The first-order valence-corrected chi connectivity index (χ1v) is 9.63. The van der Waals surface area contributed by atoms with Crippen LogP contribution in [0, 0.1) is 0 Å². The summed E-state index contributed by atoms with van der Waals surface area (Å²) in [5.41, 5.74) is 0.544. The average molecular weight is 339 g/mol. The minimum absolute atomic E-state index is 0.203. The van der Waals surface area contributed by atoms with Gasteiger partial charge in [-0.3, -0.25) is 4.79 Å². The molecular formula is C17H25NO4S. The first-order valence-electron chi connectivity index (χ1n) is 7.81. The highest BCUT2D eigenvalue weighted by atomic mass is 32.2. The van der Waals surface area contributed by atoms with E-state index in [2.05, 4.69) is 18.8 Å². The molecule has 1 amide bonds. The van der Waals surface area contributed by atoms with Gasteiger partial charge in [0.15, 0.2) is 9.84 Å². The number of carbonyl (C=O) groups is 1. The van der Waals surface area contributed by atoms with Crippen LogP contribution in [-0.2, 0) is 14.6 Å². The number of unbranched alkanes of at least 4 members (excludes halogenated alkanes) is 3. The Kier molecular flexibility index (Phi) is 8.40. The summed E-state index contributed by atoms with van der Waals surface area (Å²) in [6.45, 7) is 6.20. The van der Waals surface area contributed by atoms with Crippen molar-refractivity contribution in [1.29, 1.82) is 0 Å². The van der Waals surface area contributed by atoms with Gasteiger partial charge in [-0.1, -0.05) is 32.3 Å². The van der Waals surface area contributed by atoms with Crippen LogP contribution in [0.2, 0.25) is 0 Å². The number of hydrogen-bond donors (Lipinski definition) is 1. The van der Waals surface area contributed by atoms with E-state index in [0.717, 1.165) is 18.6 Å². The Labute approximate surface area is 138 Å². The van der Waals surface area contributed by atoms with Crippen LogP contribution in [0.3, 0.4) is 0 Å². The van der Waals surface area contributed by atoms with Crippen molar-refractivity contribution < 1.29 is 17.9 Å². The van der Waals surface area contributed by atoms with Crippen LogP contribution in [0.15, 0.2) is 36.9 Å². The van der Waals surface area contributed by atoms with Crippen LogP contribution in [0.25, 0.3) is 0 Å². The molecule has 0 heterocycles. The highest BCUT2D eigenvalue weighted by Crippen LogP contribution is 2.16. The molecule has 1 rings (SSSR count). The molecule has 0 bridgehead atoms. The maximum Gasteiger partial charge on any atom is 0.239 e. The molecule has 6 heteroatoms. The molecule has 0 aliphatic rings. The number of benzene rings is 1. The summed E-state index contributed by atoms with van der Waals surface area (Å²) >= 11 is 0. The first kappa shape index (κ1) is 19.2. The lowest BCUT2D eigenvalue weighted by atomic mass is 10.2. The third-order valence-electron chi connectivity index (χ3n) is 3.13. The molecule has 0 fully saturated rings. The van der Waals surface area contributed by atoms with Crippen LogP contribution in [0.4, 0.5) is 5.69 Å². The molecule has 0 aliphatic carbocycles. The number of hydrogen-bond acceptors (Lipinski definition) is 4. The van der Waals surface area contributed by atoms with E-state index < -0.39 is 21.5 Å². The second-order valence-electron chi connectivity index (χ2n) is 5.32. The van der Waals surface area contributed by atoms with E-state index in [-0.39, 0.29) is 5.75 Å². The fraction of sp³-hybridized carbons (Fsp3) is 0.471. The van der Waals surface area contributed by atoms with Crippen molar-refractivity contribution in [3.8, 4) is 5.75 Å². The zero-order valence-electron chi connectivity index (χ0n) is 13.6. The van der Waals surface area contributed by atoms with Gasteiger partial charge in [0, 0.05) is 5.69 Å². The van der Waals surface area contributed by atoms with E-state index in [9.17, 15) is 13.2 Å². The maximum absolute atomic E-state index is 11.7. The number of rotatable bonds is 11. The van der Waals surface area contributed by atoms with Crippen molar-refractivity contribution in [1.82, 2.24) is 0 Å². The second kappa shape index (κ2) is 10.0. The van der Waals surface area contributed by atoms with Crippen LogP contribution in [0.1, 0.15) is 32.6 Å². The average Bonchev–Trinajstić information content (AvgIpc) is 2.48. The van der Waals surface area contributed by atoms with Gasteiger partial charge in [0.1, 0.15) is 11.5 Å². The molecule has 0 unspecified atom stereocenters. The molecule has 0 saturated heterocycles. The molecule has 0 radical (unpaired) electrons. The number of ether oxygens (including phenoxy) is 1. The van der Waals surface area contributed by atoms with E-state index in [1.165, 1.54) is 18.9 Å². The molecule has 1 N–H and O–H groups in total. The molecule has 1 aromatic rings. The van der Waals surface area contributed by atoms with Crippen LogP contribution < -0.4 is 10.1 Å². The molecular weight excluding hydrogens is 314 g/mol. The zero-order valence-corrected chi connectivity index (χ0v) is 14.4. The molecule has 0 aromatic heterocycles. The number of sulfone groups is 1. The van der Waals surface area contributed by atoms with Crippen LogP contribution in [0.5, 0.6) is 5.75 Å². The summed E-state index contributed by atoms with van der Waals surface area (Å²) in [4.78, 5) is 11.7. The number of amides is 1. The quantitative estimate of drug-likeness (QED) is 0.496. The highest BCUT2D eigenvalue weighted by Gasteiger charge is 2.15. The van der Waals surface area contributed by atoms with Gasteiger partial charge in [0.25, 0.3) is 0 Å². The standard InChI is InChI=1S/C17H25NO4S/c1-3-5-6-7-12-22-16-10-8-15(9-11-16)18-17(19)14-23(20,21)13-4-2/h4,8-11H,2-3,5-7,12-14H2,1H3,(H,18,19). The van der Waals surface area contributed by atoms with Crippen molar-refractivity contribution in [2.75, 3.05) is 23.4 Å². The fourth-order valence-electron chi connectivity index (χ4n) is 1.99. The molecule has 0 atom stereocenters. The van der Waals surface area contributed by atoms with Gasteiger partial charge in [-0.15, -0.1) is 6.58 Å². The zero-order chi connectivity index (χ0) is 17.1. The summed E-state index contributed by atoms with van der Waals surface area (Å²) in [5.74, 6) is -0.571. The van der Waals surface area contributed by atoms with Crippen LogP contribution >= 0.6 is 0 Å². The van der Waals surface area contributed by atoms with Crippen LogP contribution in [-0.4, -0.2) is 32.4 Å². The van der Waals surface area contributed by atoms with E-state index in [1.807, 2.05) is 0 Å². The Hall–Kier alpha value is -1.82. The Morgan fingerprint density at radius 1 is 1.22 bits per heavy atom.